The Bertz CT molecular complexity index is 442. The van der Waals surface area contributed by atoms with Gasteiger partial charge in [-0.15, -0.1) is 0 Å². The number of hydrogen-bond acceptors (Lipinski definition) is 4. The summed E-state index contributed by atoms with van der Waals surface area (Å²) in [6.45, 7) is 6.51. The van der Waals surface area contributed by atoms with E-state index in [2.05, 4.69) is 18.7 Å². The lowest BCUT2D eigenvalue weighted by Gasteiger charge is -2.39. The standard InChI is InChI=1S/C14H19NO3/c1-14(2)10-15(7-8-18-14)12-6-4-5-11(9-12)13(16)17-3/h4-6,9H,7-8,10H2,1-3H3. The fourth-order valence-corrected chi connectivity index (χ4v) is 2.18. The Balaban J connectivity index is 2.20. The number of hydrogen-bond donors (Lipinski definition) is 0. The van der Waals surface area contributed by atoms with Gasteiger partial charge in [0.1, 0.15) is 0 Å². The molecule has 0 radical (unpaired) electrons. The van der Waals surface area contributed by atoms with E-state index in [1.165, 1.54) is 7.11 Å². The fourth-order valence-electron chi connectivity index (χ4n) is 2.18. The van der Waals surface area contributed by atoms with Crippen molar-refractivity contribution >= 4 is 11.7 Å². The lowest BCUT2D eigenvalue weighted by atomic mass is 10.1. The predicted molar refractivity (Wildman–Crippen MR) is 70.0 cm³/mol. The first-order chi connectivity index (χ1) is 8.52. The van der Waals surface area contributed by atoms with Crippen LogP contribution in [0.5, 0.6) is 0 Å². The first-order valence-corrected chi connectivity index (χ1v) is 6.09. The minimum absolute atomic E-state index is 0.153. The van der Waals surface area contributed by atoms with Crippen molar-refractivity contribution in [3.63, 3.8) is 0 Å². The highest BCUT2D eigenvalue weighted by atomic mass is 16.5. The summed E-state index contributed by atoms with van der Waals surface area (Å²) in [4.78, 5) is 13.7. The van der Waals surface area contributed by atoms with E-state index in [1.54, 1.807) is 6.07 Å². The normalized spacial score (nSPS) is 18.5. The third kappa shape index (κ3) is 2.82. The van der Waals surface area contributed by atoms with Crippen molar-refractivity contribution in [3.05, 3.63) is 29.8 Å². The number of methoxy groups -OCH3 is 1. The van der Waals surface area contributed by atoms with E-state index in [0.717, 1.165) is 18.8 Å². The van der Waals surface area contributed by atoms with Gasteiger partial charge in [0.05, 0.1) is 24.9 Å². The maximum absolute atomic E-state index is 11.5. The molecule has 0 unspecified atom stereocenters. The monoisotopic (exact) mass is 249 g/mol. The molecule has 2 rings (SSSR count). The predicted octanol–water partition coefficient (Wildman–Crippen LogP) is 2.09. The molecule has 98 valence electrons. The number of carbonyl (C=O) groups is 1. The molecule has 1 heterocycles. The molecule has 0 spiro atoms. The van der Waals surface area contributed by atoms with E-state index in [0.29, 0.717) is 12.2 Å². The molecule has 18 heavy (non-hydrogen) atoms. The van der Waals surface area contributed by atoms with Gasteiger partial charge in [0, 0.05) is 18.8 Å². The van der Waals surface area contributed by atoms with Crippen molar-refractivity contribution in [2.45, 2.75) is 19.4 Å². The summed E-state index contributed by atoms with van der Waals surface area (Å²) in [5, 5.41) is 0. The lowest BCUT2D eigenvalue weighted by molar-refractivity contribution is -0.0276. The second-order valence-corrected chi connectivity index (χ2v) is 5.07. The maximum Gasteiger partial charge on any atom is 0.337 e. The van der Waals surface area contributed by atoms with Gasteiger partial charge in [0.25, 0.3) is 0 Å². The Hall–Kier alpha value is -1.55. The van der Waals surface area contributed by atoms with E-state index < -0.39 is 0 Å². The minimum Gasteiger partial charge on any atom is -0.465 e. The second kappa shape index (κ2) is 4.98. The minimum atomic E-state index is -0.302. The molecule has 4 heteroatoms. The molecule has 1 aromatic rings. The molecule has 1 aliphatic rings. The van der Waals surface area contributed by atoms with Gasteiger partial charge >= 0.3 is 5.97 Å². The summed E-state index contributed by atoms with van der Waals surface area (Å²) in [7, 11) is 1.40. The van der Waals surface area contributed by atoms with Crippen LogP contribution in [0, 0.1) is 0 Å². The van der Waals surface area contributed by atoms with E-state index >= 15 is 0 Å². The SMILES string of the molecule is COC(=O)c1cccc(N2CCOC(C)(C)C2)c1. The van der Waals surface area contributed by atoms with Gasteiger partial charge in [-0.3, -0.25) is 0 Å². The van der Waals surface area contributed by atoms with Gasteiger partial charge in [0.2, 0.25) is 0 Å². The molecule has 0 aromatic heterocycles. The summed E-state index contributed by atoms with van der Waals surface area (Å²) in [5.74, 6) is -0.302. The highest BCUT2D eigenvalue weighted by Crippen LogP contribution is 2.23. The number of ether oxygens (including phenoxy) is 2. The molecule has 1 fully saturated rings. The van der Waals surface area contributed by atoms with Gasteiger partial charge in [0.15, 0.2) is 0 Å². The molecule has 0 aliphatic carbocycles. The van der Waals surface area contributed by atoms with Crippen molar-refractivity contribution < 1.29 is 14.3 Å². The molecule has 0 N–H and O–H groups in total. The van der Waals surface area contributed by atoms with Crippen LogP contribution in [0.2, 0.25) is 0 Å². The zero-order chi connectivity index (χ0) is 13.2. The lowest BCUT2D eigenvalue weighted by Crippen LogP contribution is -2.48. The van der Waals surface area contributed by atoms with E-state index in [1.807, 2.05) is 18.2 Å². The van der Waals surface area contributed by atoms with Crippen LogP contribution in [0.15, 0.2) is 24.3 Å². The summed E-state index contributed by atoms with van der Waals surface area (Å²) in [6, 6.07) is 7.52. The Labute approximate surface area is 107 Å². The highest BCUT2D eigenvalue weighted by Gasteiger charge is 2.27. The molecule has 1 aliphatic heterocycles. The molecule has 0 amide bonds. The number of nitrogens with zero attached hydrogens (tertiary/aromatic N) is 1. The van der Waals surface area contributed by atoms with Gasteiger partial charge < -0.3 is 14.4 Å². The summed E-state index contributed by atoms with van der Waals surface area (Å²) in [6.07, 6.45) is 0. The van der Waals surface area contributed by atoms with Crippen molar-refractivity contribution in [1.82, 2.24) is 0 Å². The summed E-state index contributed by atoms with van der Waals surface area (Å²) >= 11 is 0. The van der Waals surface area contributed by atoms with Crippen LogP contribution in [0.25, 0.3) is 0 Å². The number of esters is 1. The highest BCUT2D eigenvalue weighted by molar-refractivity contribution is 5.90. The quantitative estimate of drug-likeness (QED) is 0.752. The van der Waals surface area contributed by atoms with Gasteiger partial charge in [-0.05, 0) is 32.0 Å². The zero-order valence-corrected chi connectivity index (χ0v) is 11.1. The molecule has 0 atom stereocenters. The Morgan fingerprint density at radius 1 is 1.44 bits per heavy atom. The van der Waals surface area contributed by atoms with E-state index in [9.17, 15) is 4.79 Å². The van der Waals surface area contributed by atoms with E-state index in [-0.39, 0.29) is 11.6 Å². The van der Waals surface area contributed by atoms with Gasteiger partial charge in [-0.1, -0.05) is 6.07 Å². The van der Waals surface area contributed by atoms with Crippen molar-refractivity contribution in [2.24, 2.45) is 0 Å². The number of rotatable bonds is 2. The third-order valence-electron chi connectivity index (χ3n) is 3.06. The van der Waals surface area contributed by atoms with Crippen LogP contribution in [-0.2, 0) is 9.47 Å². The first kappa shape index (κ1) is 12.9. The van der Waals surface area contributed by atoms with Crippen LogP contribution in [0.3, 0.4) is 0 Å². The smallest absolute Gasteiger partial charge is 0.337 e. The maximum atomic E-state index is 11.5. The molecular formula is C14H19NO3. The largest absolute Gasteiger partial charge is 0.465 e. The zero-order valence-electron chi connectivity index (χ0n) is 11.1. The summed E-state index contributed by atoms with van der Waals surface area (Å²) in [5.41, 5.74) is 1.47. The van der Waals surface area contributed by atoms with Crippen molar-refractivity contribution in [1.29, 1.82) is 0 Å². The van der Waals surface area contributed by atoms with Crippen LogP contribution in [0.1, 0.15) is 24.2 Å². The fraction of sp³-hybridized carbons (Fsp3) is 0.500. The Kier molecular flexibility index (Phi) is 3.57. The molecule has 1 saturated heterocycles. The van der Waals surface area contributed by atoms with Crippen molar-refractivity contribution in [3.8, 4) is 0 Å². The number of morpholine rings is 1. The average molecular weight is 249 g/mol. The van der Waals surface area contributed by atoms with Gasteiger partial charge in [-0.2, -0.15) is 0 Å². The third-order valence-corrected chi connectivity index (χ3v) is 3.06. The van der Waals surface area contributed by atoms with Crippen LogP contribution >= 0.6 is 0 Å². The van der Waals surface area contributed by atoms with Crippen LogP contribution in [0.4, 0.5) is 5.69 Å². The molecule has 0 saturated carbocycles. The second-order valence-electron chi connectivity index (χ2n) is 5.07. The average Bonchev–Trinajstić information content (AvgIpc) is 2.37. The number of carbonyl (C=O) groups excluding carboxylic acids is 1. The number of anilines is 1. The van der Waals surface area contributed by atoms with Crippen LogP contribution < -0.4 is 4.90 Å². The van der Waals surface area contributed by atoms with Crippen molar-refractivity contribution in [2.75, 3.05) is 31.7 Å². The molecule has 4 nitrogen and oxygen atoms in total. The Morgan fingerprint density at radius 2 is 2.22 bits per heavy atom. The molecular weight excluding hydrogens is 230 g/mol. The number of benzene rings is 1. The van der Waals surface area contributed by atoms with E-state index in [4.69, 9.17) is 9.47 Å². The summed E-state index contributed by atoms with van der Waals surface area (Å²) < 4.78 is 10.4. The molecule has 1 aromatic carbocycles. The Morgan fingerprint density at radius 3 is 2.89 bits per heavy atom. The molecule has 0 bridgehead atoms. The van der Waals surface area contributed by atoms with Gasteiger partial charge in [-0.25, -0.2) is 4.79 Å². The van der Waals surface area contributed by atoms with Crippen LogP contribution in [-0.4, -0.2) is 38.4 Å². The topological polar surface area (TPSA) is 38.8 Å². The first-order valence-electron chi connectivity index (χ1n) is 6.09.